The first-order valence-electron chi connectivity index (χ1n) is 6.85. The summed E-state index contributed by atoms with van der Waals surface area (Å²) in [7, 11) is 0. The van der Waals surface area contributed by atoms with Gasteiger partial charge in [0.05, 0.1) is 6.04 Å². The van der Waals surface area contributed by atoms with Gasteiger partial charge in [0.15, 0.2) is 5.78 Å². The summed E-state index contributed by atoms with van der Waals surface area (Å²) in [5.74, 6) is 2.74. The minimum atomic E-state index is -0.107. The number of hydrogen-bond acceptors (Lipinski definition) is 2. The van der Waals surface area contributed by atoms with Gasteiger partial charge in [0, 0.05) is 19.4 Å². The number of carbonyl (C=O) groups excluding carboxylic acids is 2. The second-order valence-corrected chi connectivity index (χ2v) is 5.73. The molecule has 96 valence electrons. The van der Waals surface area contributed by atoms with Gasteiger partial charge >= 0.3 is 0 Å². The van der Waals surface area contributed by atoms with Gasteiger partial charge in [0.1, 0.15) is 0 Å². The van der Waals surface area contributed by atoms with E-state index in [-0.39, 0.29) is 17.7 Å². The van der Waals surface area contributed by atoms with Gasteiger partial charge in [0.25, 0.3) is 0 Å². The van der Waals surface area contributed by atoms with Crippen molar-refractivity contribution in [3.63, 3.8) is 0 Å². The van der Waals surface area contributed by atoms with E-state index in [4.69, 9.17) is 0 Å². The highest BCUT2D eigenvalue weighted by Crippen LogP contribution is 2.59. The van der Waals surface area contributed by atoms with Crippen LogP contribution in [0.2, 0.25) is 0 Å². The Morgan fingerprint density at radius 3 is 2.35 bits per heavy atom. The van der Waals surface area contributed by atoms with Crippen molar-refractivity contribution in [2.45, 2.75) is 46.6 Å². The van der Waals surface area contributed by atoms with Crippen molar-refractivity contribution in [1.82, 2.24) is 4.90 Å². The maximum atomic E-state index is 12.1. The van der Waals surface area contributed by atoms with Gasteiger partial charge in [-0.25, -0.2) is 0 Å². The number of Topliss-reactive ketones (excluding diaryl/α,β-unsaturated/α-hetero) is 1. The topological polar surface area (TPSA) is 37.4 Å². The Hall–Kier alpha value is -0.860. The quantitative estimate of drug-likeness (QED) is 0.751. The van der Waals surface area contributed by atoms with Crippen molar-refractivity contribution >= 4 is 11.7 Å². The number of carbonyl (C=O) groups is 2. The third-order valence-electron chi connectivity index (χ3n) is 4.47. The molecule has 17 heavy (non-hydrogen) atoms. The number of amides is 1. The molecule has 4 atom stereocenters. The molecule has 1 saturated carbocycles. The standard InChI is InChI=1S/C14H23NO2/c1-5-10(16)14-13-9(12(13)8(3)4)7-15(14)11(17)6-2/h8-9,12-14H,5-7H2,1-4H3/t9-,12?,13-,14-/m1/s1. The van der Waals surface area contributed by atoms with E-state index in [2.05, 4.69) is 13.8 Å². The largest absolute Gasteiger partial charge is 0.332 e. The molecule has 0 N–H and O–H groups in total. The first kappa shape index (κ1) is 12.6. The smallest absolute Gasteiger partial charge is 0.222 e. The number of rotatable bonds is 4. The number of nitrogens with zero attached hydrogens (tertiary/aromatic N) is 1. The van der Waals surface area contributed by atoms with Gasteiger partial charge in [-0.05, 0) is 23.7 Å². The summed E-state index contributed by atoms with van der Waals surface area (Å²) >= 11 is 0. The summed E-state index contributed by atoms with van der Waals surface area (Å²) in [5, 5.41) is 0. The molecule has 1 heterocycles. The molecule has 2 aliphatic rings. The maximum absolute atomic E-state index is 12.1. The molecule has 0 aromatic rings. The molecular weight excluding hydrogens is 214 g/mol. The normalized spacial score (nSPS) is 35.0. The lowest BCUT2D eigenvalue weighted by Crippen LogP contribution is -2.44. The van der Waals surface area contributed by atoms with E-state index in [1.165, 1.54) is 0 Å². The zero-order valence-electron chi connectivity index (χ0n) is 11.3. The fourth-order valence-electron chi connectivity index (χ4n) is 3.66. The summed E-state index contributed by atoms with van der Waals surface area (Å²) in [6.45, 7) is 9.04. The van der Waals surface area contributed by atoms with Crippen molar-refractivity contribution in [3.05, 3.63) is 0 Å². The number of ketones is 1. The predicted molar refractivity (Wildman–Crippen MR) is 66.4 cm³/mol. The molecule has 1 saturated heterocycles. The zero-order valence-corrected chi connectivity index (χ0v) is 11.3. The minimum Gasteiger partial charge on any atom is -0.332 e. The molecule has 1 aliphatic carbocycles. The van der Waals surface area contributed by atoms with Crippen LogP contribution < -0.4 is 0 Å². The lowest BCUT2D eigenvalue weighted by Gasteiger charge is -2.28. The highest BCUT2D eigenvalue weighted by Gasteiger charge is 2.64. The van der Waals surface area contributed by atoms with Crippen molar-refractivity contribution < 1.29 is 9.59 Å². The third kappa shape index (κ3) is 1.90. The van der Waals surface area contributed by atoms with E-state index in [1.54, 1.807) is 0 Å². The Morgan fingerprint density at radius 1 is 1.24 bits per heavy atom. The molecule has 1 unspecified atom stereocenters. The fourth-order valence-corrected chi connectivity index (χ4v) is 3.66. The number of hydrogen-bond donors (Lipinski definition) is 0. The van der Waals surface area contributed by atoms with Crippen LogP contribution in [0.3, 0.4) is 0 Å². The van der Waals surface area contributed by atoms with Gasteiger partial charge in [-0.15, -0.1) is 0 Å². The van der Waals surface area contributed by atoms with E-state index < -0.39 is 0 Å². The molecule has 3 nitrogen and oxygen atoms in total. The average Bonchev–Trinajstić information content (AvgIpc) is 2.89. The fraction of sp³-hybridized carbons (Fsp3) is 0.857. The summed E-state index contributed by atoms with van der Waals surface area (Å²) in [6, 6.07) is -0.107. The molecular formula is C14H23NO2. The Morgan fingerprint density at radius 2 is 1.88 bits per heavy atom. The SMILES string of the molecule is CCC(=O)[C@@H]1[C@H]2C(C(C)C)[C@H]2CN1C(=O)CC. The molecule has 3 heteroatoms. The molecule has 0 bridgehead atoms. The van der Waals surface area contributed by atoms with Crippen molar-refractivity contribution in [2.24, 2.45) is 23.7 Å². The zero-order chi connectivity index (χ0) is 12.7. The molecule has 0 spiro atoms. The molecule has 0 aromatic heterocycles. The van der Waals surface area contributed by atoms with Crippen LogP contribution in [0.4, 0.5) is 0 Å². The molecule has 0 radical (unpaired) electrons. The Kier molecular flexibility index (Phi) is 3.28. The second-order valence-electron chi connectivity index (χ2n) is 5.73. The number of fused-ring (bicyclic) bond motifs is 1. The van der Waals surface area contributed by atoms with Crippen LogP contribution >= 0.6 is 0 Å². The average molecular weight is 237 g/mol. The molecule has 0 aromatic carbocycles. The van der Waals surface area contributed by atoms with E-state index in [0.29, 0.717) is 36.5 Å². The van der Waals surface area contributed by atoms with Gasteiger partial charge in [-0.3, -0.25) is 9.59 Å². The van der Waals surface area contributed by atoms with E-state index >= 15 is 0 Å². The van der Waals surface area contributed by atoms with Crippen LogP contribution in [-0.2, 0) is 9.59 Å². The predicted octanol–water partition coefficient (Wildman–Crippen LogP) is 2.10. The van der Waals surface area contributed by atoms with Crippen LogP contribution in [0.25, 0.3) is 0 Å². The number of likely N-dealkylation sites (tertiary alicyclic amines) is 1. The summed E-state index contributed by atoms with van der Waals surface area (Å²) in [6.07, 6.45) is 1.06. The van der Waals surface area contributed by atoms with Crippen molar-refractivity contribution in [2.75, 3.05) is 6.54 Å². The van der Waals surface area contributed by atoms with Crippen molar-refractivity contribution in [1.29, 1.82) is 0 Å². The highest BCUT2D eigenvalue weighted by molar-refractivity contribution is 5.90. The maximum Gasteiger partial charge on any atom is 0.222 e. The van der Waals surface area contributed by atoms with E-state index in [9.17, 15) is 9.59 Å². The lowest BCUT2D eigenvalue weighted by molar-refractivity contribution is -0.138. The summed E-state index contributed by atoms with van der Waals surface area (Å²) in [5.41, 5.74) is 0. The van der Waals surface area contributed by atoms with Crippen LogP contribution in [0.5, 0.6) is 0 Å². The molecule has 2 fully saturated rings. The third-order valence-corrected chi connectivity index (χ3v) is 4.47. The van der Waals surface area contributed by atoms with Crippen LogP contribution in [0, 0.1) is 23.7 Å². The highest BCUT2D eigenvalue weighted by atomic mass is 16.2. The van der Waals surface area contributed by atoms with Gasteiger partial charge in [-0.2, -0.15) is 0 Å². The summed E-state index contributed by atoms with van der Waals surface area (Å²) in [4.78, 5) is 25.8. The van der Waals surface area contributed by atoms with Crippen LogP contribution in [0.1, 0.15) is 40.5 Å². The van der Waals surface area contributed by atoms with Crippen LogP contribution in [0.15, 0.2) is 0 Å². The molecule has 1 aliphatic heterocycles. The Bertz CT molecular complexity index is 337. The van der Waals surface area contributed by atoms with E-state index in [0.717, 1.165) is 6.54 Å². The second kappa shape index (κ2) is 4.43. The van der Waals surface area contributed by atoms with E-state index in [1.807, 2.05) is 18.7 Å². The van der Waals surface area contributed by atoms with Gasteiger partial charge in [-0.1, -0.05) is 27.7 Å². The van der Waals surface area contributed by atoms with Crippen molar-refractivity contribution in [3.8, 4) is 0 Å². The molecule has 1 amide bonds. The lowest BCUT2D eigenvalue weighted by atomic mass is 9.97. The first-order chi connectivity index (χ1) is 8.02. The van der Waals surface area contributed by atoms with Crippen LogP contribution in [-0.4, -0.2) is 29.2 Å². The van der Waals surface area contributed by atoms with Gasteiger partial charge < -0.3 is 4.90 Å². The number of piperidine rings is 1. The van der Waals surface area contributed by atoms with Gasteiger partial charge in [0.2, 0.25) is 5.91 Å². The molecule has 2 rings (SSSR count). The first-order valence-corrected chi connectivity index (χ1v) is 6.85. The summed E-state index contributed by atoms with van der Waals surface area (Å²) < 4.78 is 0. The Balaban J connectivity index is 2.14. The monoisotopic (exact) mass is 237 g/mol. The minimum absolute atomic E-state index is 0.107. The Labute approximate surface area is 104 Å².